The Morgan fingerprint density at radius 1 is 1.35 bits per heavy atom. The van der Waals surface area contributed by atoms with Crippen LogP contribution in [0.2, 0.25) is 0 Å². The Hall–Kier alpha value is -1.62. The van der Waals surface area contributed by atoms with E-state index in [4.69, 9.17) is 0 Å². The number of halogens is 1. The van der Waals surface area contributed by atoms with Crippen molar-refractivity contribution in [2.45, 2.75) is 19.9 Å². The maximum atomic E-state index is 12.2. The second-order valence-electron chi connectivity index (χ2n) is 4.99. The van der Waals surface area contributed by atoms with Crippen molar-refractivity contribution in [3.8, 4) is 5.69 Å². The van der Waals surface area contributed by atoms with Gasteiger partial charge in [0.1, 0.15) is 0 Å². The maximum Gasteiger partial charge on any atom is 0.254 e. The molecular formula is C15H18BrN3O. The number of carbonyl (C=O) groups is 1. The van der Waals surface area contributed by atoms with Gasteiger partial charge in [-0.15, -0.1) is 0 Å². The zero-order valence-corrected chi connectivity index (χ0v) is 13.2. The van der Waals surface area contributed by atoms with Gasteiger partial charge in [0, 0.05) is 17.6 Å². The van der Waals surface area contributed by atoms with Gasteiger partial charge >= 0.3 is 0 Å². The first-order chi connectivity index (χ1) is 9.61. The fraction of sp³-hybridized carbons (Fsp3) is 0.333. The van der Waals surface area contributed by atoms with E-state index >= 15 is 0 Å². The third-order valence-corrected chi connectivity index (χ3v) is 3.85. The topological polar surface area (TPSA) is 46.9 Å². The number of alkyl halides is 1. The number of nitrogens with zero attached hydrogens (tertiary/aromatic N) is 2. The highest BCUT2D eigenvalue weighted by molar-refractivity contribution is 9.09. The van der Waals surface area contributed by atoms with Gasteiger partial charge in [-0.1, -0.05) is 48.0 Å². The van der Waals surface area contributed by atoms with E-state index in [2.05, 4.69) is 40.2 Å². The van der Waals surface area contributed by atoms with Gasteiger partial charge in [-0.2, -0.15) is 5.10 Å². The third kappa shape index (κ3) is 3.48. The lowest BCUT2D eigenvalue weighted by Crippen LogP contribution is -2.39. The molecule has 0 bridgehead atoms. The van der Waals surface area contributed by atoms with Gasteiger partial charge in [0.15, 0.2) is 0 Å². The summed E-state index contributed by atoms with van der Waals surface area (Å²) in [6.45, 7) is 4.17. The average Bonchev–Trinajstić information content (AvgIpc) is 2.95. The van der Waals surface area contributed by atoms with Crippen molar-refractivity contribution in [3.63, 3.8) is 0 Å². The van der Waals surface area contributed by atoms with Gasteiger partial charge in [0.05, 0.1) is 17.4 Å². The first-order valence-electron chi connectivity index (χ1n) is 6.58. The lowest BCUT2D eigenvalue weighted by atomic mass is 10.1. The number of rotatable bonds is 5. The lowest BCUT2D eigenvalue weighted by molar-refractivity contribution is 0.0932. The van der Waals surface area contributed by atoms with Crippen molar-refractivity contribution in [1.29, 1.82) is 0 Å². The first kappa shape index (κ1) is 14.8. The summed E-state index contributed by atoms with van der Waals surface area (Å²) in [6, 6.07) is 9.84. The SMILES string of the molecule is CC(C)C(CBr)NC(=O)c1cnn(-c2ccccc2)c1. The van der Waals surface area contributed by atoms with Crippen LogP contribution in [0.25, 0.3) is 5.69 Å². The number of hydrogen-bond acceptors (Lipinski definition) is 2. The van der Waals surface area contributed by atoms with Crippen LogP contribution in [0.15, 0.2) is 42.7 Å². The van der Waals surface area contributed by atoms with Crippen LogP contribution in [0, 0.1) is 5.92 Å². The number of amides is 1. The predicted molar refractivity (Wildman–Crippen MR) is 83.5 cm³/mol. The summed E-state index contributed by atoms with van der Waals surface area (Å²) >= 11 is 3.42. The van der Waals surface area contributed by atoms with Crippen LogP contribution >= 0.6 is 15.9 Å². The second-order valence-corrected chi connectivity index (χ2v) is 5.63. The Kier molecular flexibility index (Phi) is 4.95. The predicted octanol–water partition coefficient (Wildman–Crippen LogP) is 3.02. The number of hydrogen-bond donors (Lipinski definition) is 1. The molecule has 20 heavy (non-hydrogen) atoms. The Bertz CT molecular complexity index is 566. The minimum atomic E-state index is -0.0923. The molecule has 0 aliphatic heterocycles. The minimum Gasteiger partial charge on any atom is -0.348 e. The number of carbonyl (C=O) groups excluding carboxylic acids is 1. The van der Waals surface area contributed by atoms with Gasteiger partial charge in [0.2, 0.25) is 0 Å². The quantitative estimate of drug-likeness (QED) is 0.853. The number of benzene rings is 1. The molecule has 1 N–H and O–H groups in total. The summed E-state index contributed by atoms with van der Waals surface area (Å²) in [5.74, 6) is 0.285. The van der Waals surface area contributed by atoms with E-state index in [1.165, 1.54) is 0 Å². The van der Waals surface area contributed by atoms with Gasteiger partial charge in [0.25, 0.3) is 5.91 Å². The van der Waals surface area contributed by atoms with Crippen molar-refractivity contribution >= 4 is 21.8 Å². The number of para-hydroxylation sites is 1. The van der Waals surface area contributed by atoms with Crippen molar-refractivity contribution < 1.29 is 4.79 Å². The van der Waals surface area contributed by atoms with E-state index in [-0.39, 0.29) is 11.9 Å². The van der Waals surface area contributed by atoms with Crippen LogP contribution in [0.1, 0.15) is 24.2 Å². The van der Waals surface area contributed by atoms with E-state index in [0.29, 0.717) is 11.5 Å². The highest BCUT2D eigenvalue weighted by atomic mass is 79.9. The summed E-state index contributed by atoms with van der Waals surface area (Å²) in [6.07, 6.45) is 3.34. The average molecular weight is 336 g/mol. The molecule has 0 saturated carbocycles. The molecule has 0 spiro atoms. The molecule has 2 aromatic rings. The molecule has 0 aliphatic rings. The van der Waals surface area contributed by atoms with E-state index < -0.39 is 0 Å². The summed E-state index contributed by atoms with van der Waals surface area (Å²) in [5.41, 5.74) is 1.51. The Labute approximate surface area is 127 Å². The molecule has 0 aliphatic carbocycles. The van der Waals surface area contributed by atoms with Crippen LogP contribution in [0.4, 0.5) is 0 Å². The summed E-state index contributed by atoms with van der Waals surface area (Å²) in [4.78, 5) is 12.2. The number of nitrogens with one attached hydrogen (secondary N) is 1. The first-order valence-corrected chi connectivity index (χ1v) is 7.71. The second kappa shape index (κ2) is 6.70. The van der Waals surface area contributed by atoms with Crippen molar-refractivity contribution in [1.82, 2.24) is 15.1 Å². The molecule has 106 valence electrons. The molecule has 1 aromatic carbocycles. The van der Waals surface area contributed by atoms with E-state index in [1.54, 1.807) is 17.1 Å². The summed E-state index contributed by atoms with van der Waals surface area (Å²) in [7, 11) is 0. The molecule has 0 saturated heterocycles. The Morgan fingerprint density at radius 3 is 2.65 bits per heavy atom. The van der Waals surface area contributed by atoms with Crippen LogP contribution in [-0.2, 0) is 0 Å². The van der Waals surface area contributed by atoms with Crippen LogP contribution < -0.4 is 5.32 Å². The molecule has 1 amide bonds. The monoisotopic (exact) mass is 335 g/mol. The zero-order valence-electron chi connectivity index (χ0n) is 11.6. The zero-order chi connectivity index (χ0) is 14.5. The van der Waals surface area contributed by atoms with E-state index in [1.807, 2.05) is 30.3 Å². The van der Waals surface area contributed by atoms with Crippen molar-refractivity contribution in [3.05, 3.63) is 48.3 Å². The fourth-order valence-corrected chi connectivity index (χ4v) is 2.71. The standard InChI is InChI=1S/C15H18BrN3O/c1-11(2)14(8-16)18-15(20)12-9-17-19(10-12)13-6-4-3-5-7-13/h3-7,9-11,14H,8H2,1-2H3,(H,18,20). The molecule has 1 heterocycles. The largest absolute Gasteiger partial charge is 0.348 e. The minimum absolute atomic E-state index is 0.0923. The lowest BCUT2D eigenvalue weighted by Gasteiger charge is -2.19. The van der Waals surface area contributed by atoms with Crippen LogP contribution in [-0.4, -0.2) is 27.1 Å². The molecule has 1 aromatic heterocycles. The molecular weight excluding hydrogens is 318 g/mol. The van der Waals surface area contributed by atoms with Crippen LogP contribution in [0.3, 0.4) is 0 Å². The Balaban J connectivity index is 2.11. The fourth-order valence-electron chi connectivity index (χ4n) is 1.80. The highest BCUT2D eigenvalue weighted by Gasteiger charge is 2.17. The van der Waals surface area contributed by atoms with Crippen molar-refractivity contribution in [2.75, 3.05) is 5.33 Å². The molecule has 2 rings (SSSR count). The highest BCUT2D eigenvalue weighted by Crippen LogP contribution is 2.10. The molecule has 0 fully saturated rings. The van der Waals surface area contributed by atoms with E-state index in [9.17, 15) is 4.79 Å². The molecule has 5 heteroatoms. The Morgan fingerprint density at radius 2 is 2.05 bits per heavy atom. The summed E-state index contributed by atoms with van der Waals surface area (Å²) in [5, 5.41) is 7.98. The summed E-state index contributed by atoms with van der Waals surface area (Å²) < 4.78 is 1.70. The van der Waals surface area contributed by atoms with Gasteiger partial charge < -0.3 is 5.32 Å². The smallest absolute Gasteiger partial charge is 0.254 e. The maximum absolute atomic E-state index is 12.2. The molecule has 1 atom stereocenters. The van der Waals surface area contributed by atoms with Gasteiger partial charge in [-0.3, -0.25) is 4.79 Å². The molecule has 0 radical (unpaired) electrons. The van der Waals surface area contributed by atoms with Crippen molar-refractivity contribution in [2.24, 2.45) is 5.92 Å². The third-order valence-electron chi connectivity index (χ3n) is 3.15. The number of aromatic nitrogens is 2. The van der Waals surface area contributed by atoms with Gasteiger partial charge in [-0.05, 0) is 18.1 Å². The molecule has 4 nitrogen and oxygen atoms in total. The normalized spacial score (nSPS) is 12.4. The van der Waals surface area contributed by atoms with Crippen LogP contribution in [0.5, 0.6) is 0 Å². The van der Waals surface area contributed by atoms with Gasteiger partial charge in [-0.25, -0.2) is 4.68 Å². The van der Waals surface area contributed by atoms with E-state index in [0.717, 1.165) is 11.0 Å². The molecule has 1 unspecified atom stereocenters.